The number of aliphatic hydroxyl groups is 1. The number of pyridine rings is 1. The van der Waals surface area contributed by atoms with Crippen molar-refractivity contribution in [3.63, 3.8) is 0 Å². The predicted octanol–water partition coefficient (Wildman–Crippen LogP) is 5.20. The number of ketones is 1. The van der Waals surface area contributed by atoms with Gasteiger partial charge in [-0.1, -0.05) is 6.07 Å². The Morgan fingerprint density at radius 2 is 1.83 bits per heavy atom. The van der Waals surface area contributed by atoms with E-state index in [2.05, 4.69) is 4.98 Å². The molecule has 4 rings (SSSR count). The summed E-state index contributed by atoms with van der Waals surface area (Å²) in [5.74, 6) is -0.421. The minimum atomic E-state index is -0.888. The van der Waals surface area contributed by atoms with Crippen molar-refractivity contribution in [1.82, 2.24) is 4.98 Å². The van der Waals surface area contributed by atoms with E-state index in [-0.39, 0.29) is 17.4 Å². The van der Waals surface area contributed by atoms with Crippen LogP contribution in [0.3, 0.4) is 0 Å². The lowest BCUT2D eigenvalue weighted by atomic mass is 9.97. The maximum absolute atomic E-state index is 13.3. The van der Waals surface area contributed by atoms with Gasteiger partial charge in [-0.05, 0) is 87.9 Å². The number of benzene rings is 2. The van der Waals surface area contributed by atoms with Gasteiger partial charge in [-0.2, -0.15) is 0 Å². The van der Waals surface area contributed by atoms with Crippen LogP contribution in [0.25, 0.3) is 5.76 Å². The summed E-state index contributed by atoms with van der Waals surface area (Å²) in [5, 5.41) is 11.3. The summed E-state index contributed by atoms with van der Waals surface area (Å²) in [7, 11) is 0. The number of hydrogen-bond donors (Lipinski definition) is 1. The van der Waals surface area contributed by atoms with E-state index in [0.717, 1.165) is 5.56 Å². The Labute approximate surface area is 204 Å². The summed E-state index contributed by atoms with van der Waals surface area (Å²) in [4.78, 5) is 32.3. The van der Waals surface area contributed by atoms with Gasteiger partial charge in [0.25, 0.3) is 11.7 Å². The number of carbonyl (C=O) groups excluding carboxylic acids is 2. The van der Waals surface area contributed by atoms with E-state index in [4.69, 9.17) is 9.47 Å². The van der Waals surface area contributed by atoms with Gasteiger partial charge in [0.1, 0.15) is 23.3 Å². The maximum atomic E-state index is 13.3. The molecule has 1 fully saturated rings. The second-order valence-corrected chi connectivity index (χ2v) is 8.50. The molecular formula is C28H28N2O5. The molecule has 2 aromatic carbocycles. The summed E-state index contributed by atoms with van der Waals surface area (Å²) in [6.07, 6.45) is 1.59. The molecule has 7 nitrogen and oxygen atoms in total. The first-order valence-corrected chi connectivity index (χ1v) is 11.5. The van der Waals surface area contributed by atoms with Crippen LogP contribution in [-0.4, -0.2) is 34.5 Å². The fraction of sp³-hybridized carbons (Fsp3) is 0.250. The van der Waals surface area contributed by atoms with E-state index in [1.54, 1.807) is 66.9 Å². The maximum Gasteiger partial charge on any atom is 0.300 e. The topological polar surface area (TPSA) is 89.0 Å². The van der Waals surface area contributed by atoms with Gasteiger partial charge in [-0.3, -0.25) is 19.5 Å². The van der Waals surface area contributed by atoms with Crippen molar-refractivity contribution in [1.29, 1.82) is 0 Å². The van der Waals surface area contributed by atoms with E-state index < -0.39 is 17.7 Å². The fourth-order valence-corrected chi connectivity index (χ4v) is 4.12. The van der Waals surface area contributed by atoms with Crippen LogP contribution in [0.2, 0.25) is 0 Å². The lowest BCUT2D eigenvalue weighted by Crippen LogP contribution is -2.29. The van der Waals surface area contributed by atoms with Gasteiger partial charge >= 0.3 is 0 Å². The van der Waals surface area contributed by atoms with Crippen LogP contribution in [0.4, 0.5) is 5.69 Å². The molecule has 2 heterocycles. The van der Waals surface area contributed by atoms with Crippen LogP contribution in [0, 0.1) is 6.92 Å². The van der Waals surface area contributed by atoms with E-state index in [0.29, 0.717) is 35.1 Å². The lowest BCUT2D eigenvalue weighted by Gasteiger charge is -2.24. The zero-order valence-electron chi connectivity index (χ0n) is 20.2. The molecule has 1 aromatic heterocycles. The molecule has 0 radical (unpaired) electrons. The summed E-state index contributed by atoms with van der Waals surface area (Å²) >= 11 is 0. The average Bonchev–Trinajstić information content (AvgIpc) is 3.11. The van der Waals surface area contributed by atoms with E-state index in [1.165, 1.54) is 4.90 Å². The highest BCUT2D eigenvalue weighted by atomic mass is 16.5. The fourth-order valence-electron chi connectivity index (χ4n) is 4.12. The number of anilines is 1. The molecule has 0 aliphatic carbocycles. The third-order valence-corrected chi connectivity index (χ3v) is 5.65. The van der Waals surface area contributed by atoms with Gasteiger partial charge in [-0.15, -0.1) is 0 Å². The molecule has 1 aliphatic heterocycles. The van der Waals surface area contributed by atoms with Gasteiger partial charge in [0.2, 0.25) is 0 Å². The van der Waals surface area contributed by atoms with Gasteiger partial charge in [0.05, 0.1) is 24.0 Å². The van der Waals surface area contributed by atoms with Crippen LogP contribution in [-0.2, 0) is 9.59 Å². The molecular weight excluding hydrogens is 444 g/mol. The third-order valence-electron chi connectivity index (χ3n) is 5.65. The third kappa shape index (κ3) is 4.75. The normalized spacial score (nSPS) is 17.2. The highest BCUT2D eigenvalue weighted by Gasteiger charge is 2.47. The van der Waals surface area contributed by atoms with Crippen LogP contribution in [0.5, 0.6) is 11.5 Å². The molecule has 35 heavy (non-hydrogen) atoms. The van der Waals surface area contributed by atoms with Crippen LogP contribution >= 0.6 is 0 Å². The van der Waals surface area contributed by atoms with Gasteiger partial charge < -0.3 is 14.6 Å². The highest BCUT2D eigenvalue weighted by Crippen LogP contribution is 2.42. The molecule has 1 N–H and O–H groups in total. The van der Waals surface area contributed by atoms with Crippen molar-refractivity contribution in [2.24, 2.45) is 0 Å². The Morgan fingerprint density at radius 3 is 2.43 bits per heavy atom. The van der Waals surface area contributed by atoms with Crippen molar-refractivity contribution < 1.29 is 24.2 Å². The van der Waals surface area contributed by atoms with Crippen molar-refractivity contribution in [3.05, 3.63) is 89.3 Å². The van der Waals surface area contributed by atoms with Crippen molar-refractivity contribution in [2.75, 3.05) is 11.5 Å². The average molecular weight is 473 g/mol. The van der Waals surface area contributed by atoms with E-state index >= 15 is 0 Å². The number of nitrogens with zero attached hydrogens (tertiary/aromatic N) is 2. The van der Waals surface area contributed by atoms with Crippen molar-refractivity contribution >= 4 is 23.1 Å². The standard InChI is InChI=1S/C28H28N2O5/c1-5-34-21-12-10-20(11-13-21)30-25(22-8-6-7-15-29-22)24(27(32)28(30)33)26(31)19-9-14-23(18(4)16-19)35-17(2)3/h6-17,25,31H,5H2,1-4H3/b26-24-. The zero-order chi connectivity index (χ0) is 25.1. The summed E-state index contributed by atoms with van der Waals surface area (Å²) < 4.78 is 11.3. The first kappa shape index (κ1) is 24.0. The number of rotatable bonds is 7. The molecule has 0 bridgehead atoms. The predicted molar refractivity (Wildman–Crippen MR) is 134 cm³/mol. The van der Waals surface area contributed by atoms with Crippen LogP contribution in [0.1, 0.15) is 43.6 Å². The molecule has 1 aliphatic rings. The quantitative estimate of drug-likeness (QED) is 0.289. The SMILES string of the molecule is CCOc1ccc(N2C(=O)C(=O)/C(=C(\O)c3ccc(OC(C)C)c(C)c3)C2c2ccccn2)cc1. The molecule has 7 heteroatoms. The number of hydrogen-bond acceptors (Lipinski definition) is 6. The van der Waals surface area contributed by atoms with E-state index in [1.807, 2.05) is 27.7 Å². The number of amides is 1. The van der Waals surface area contributed by atoms with Crippen molar-refractivity contribution in [2.45, 2.75) is 39.8 Å². The molecule has 1 amide bonds. The molecule has 1 unspecified atom stereocenters. The number of carbonyl (C=O) groups is 2. The number of aromatic nitrogens is 1. The summed E-state index contributed by atoms with van der Waals surface area (Å²) in [6, 6.07) is 16.5. The number of aliphatic hydroxyl groups excluding tert-OH is 1. The largest absolute Gasteiger partial charge is 0.507 e. The Balaban J connectivity index is 1.84. The second-order valence-electron chi connectivity index (χ2n) is 8.50. The lowest BCUT2D eigenvalue weighted by molar-refractivity contribution is -0.132. The minimum Gasteiger partial charge on any atom is -0.507 e. The molecule has 0 spiro atoms. The molecule has 1 saturated heterocycles. The summed E-state index contributed by atoms with van der Waals surface area (Å²) in [5.41, 5.74) is 2.18. The minimum absolute atomic E-state index is 0.00302. The van der Waals surface area contributed by atoms with Crippen LogP contribution in [0.15, 0.2) is 72.4 Å². The van der Waals surface area contributed by atoms with Crippen LogP contribution < -0.4 is 14.4 Å². The Kier molecular flexibility index (Phi) is 6.87. The molecule has 180 valence electrons. The Hall–Kier alpha value is -4.13. The van der Waals surface area contributed by atoms with Gasteiger partial charge in [-0.25, -0.2) is 0 Å². The first-order chi connectivity index (χ1) is 16.8. The summed E-state index contributed by atoms with van der Waals surface area (Å²) in [6.45, 7) is 8.13. The highest BCUT2D eigenvalue weighted by molar-refractivity contribution is 6.51. The van der Waals surface area contributed by atoms with E-state index in [9.17, 15) is 14.7 Å². The zero-order valence-corrected chi connectivity index (χ0v) is 20.2. The number of aryl methyl sites for hydroxylation is 1. The molecule has 1 atom stereocenters. The second kappa shape index (κ2) is 10.0. The van der Waals surface area contributed by atoms with Gasteiger partial charge in [0.15, 0.2) is 0 Å². The monoisotopic (exact) mass is 472 g/mol. The molecule has 3 aromatic rings. The Morgan fingerprint density at radius 1 is 1.09 bits per heavy atom. The van der Waals surface area contributed by atoms with Gasteiger partial charge in [0, 0.05) is 17.4 Å². The Bertz CT molecular complexity index is 1270. The number of ether oxygens (including phenoxy) is 2. The van der Waals surface area contributed by atoms with Crippen molar-refractivity contribution in [3.8, 4) is 11.5 Å². The number of Topliss-reactive ketones (excluding diaryl/α,β-unsaturated/α-hetero) is 1. The first-order valence-electron chi connectivity index (χ1n) is 11.5. The smallest absolute Gasteiger partial charge is 0.300 e. The molecule has 0 saturated carbocycles.